The van der Waals surface area contributed by atoms with E-state index in [9.17, 15) is 4.79 Å². The van der Waals surface area contributed by atoms with Gasteiger partial charge in [-0.05, 0) is 12.8 Å². The minimum atomic E-state index is -0.475. The van der Waals surface area contributed by atoms with Crippen LogP contribution in [0.2, 0.25) is 0 Å². The first-order valence-electron chi connectivity index (χ1n) is 5.68. The van der Waals surface area contributed by atoms with E-state index in [1.54, 1.807) is 6.34 Å². The molecule has 3 aliphatic rings. The normalized spacial score (nSPS) is 39.6. The van der Waals surface area contributed by atoms with Gasteiger partial charge >= 0.3 is 0 Å². The van der Waals surface area contributed by atoms with E-state index in [0.29, 0.717) is 0 Å². The van der Waals surface area contributed by atoms with E-state index >= 15 is 0 Å². The predicted molar refractivity (Wildman–Crippen MR) is 59.5 cm³/mol. The lowest BCUT2D eigenvalue weighted by Gasteiger charge is -2.30. The number of nitrogens with one attached hydrogen (secondary N) is 1. The van der Waals surface area contributed by atoms with Crippen molar-refractivity contribution in [1.82, 2.24) is 10.2 Å². The molecule has 0 aromatic rings. The van der Waals surface area contributed by atoms with E-state index in [1.165, 1.54) is 6.34 Å². The van der Waals surface area contributed by atoms with E-state index < -0.39 is 6.04 Å². The number of carbonyl (C=O) groups excluding carboxylic acids is 1. The van der Waals surface area contributed by atoms with Crippen molar-refractivity contribution >= 4 is 18.6 Å². The maximum atomic E-state index is 11.5. The summed E-state index contributed by atoms with van der Waals surface area (Å²) in [5.41, 5.74) is 0. The van der Waals surface area contributed by atoms with Crippen molar-refractivity contribution in [2.45, 2.75) is 37.4 Å². The Balaban J connectivity index is 1.73. The first-order chi connectivity index (χ1) is 8.29. The molecule has 4 unspecified atom stereocenters. The van der Waals surface area contributed by atoms with Crippen molar-refractivity contribution in [3.63, 3.8) is 0 Å². The molecule has 7 heteroatoms. The largest absolute Gasteiger partial charge is 0.394 e. The molecule has 3 aliphatic heterocycles. The maximum absolute atomic E-state index is 11.5. The Morgan fingerprint density at radius 2 is 2.41 bits per heavy atom. The Labute approximate surface area is 98.2 Å². The fourth-order valence-electron chi connectivity index (χ4n) is 2.37. The topological polar surface area (TPSA) is 86.5 Å². The number of hydrogen-bond acceptors (Lipinski definition) is 6. The number of aliphatic hydroxyl groups is 1. The van der Waals surface area contributed by atoms with Gasteiger partial charge in [-0.3, -0.25) is 9.79 Å². The van der Waals surface area contributed by atoms with Gasteiger partial charge in [-0.1, -0.05) is 0 Å². The van der Waals surface area contributed by atoms with Gasteiger partial charge in [0, 0.05) is 0 Å². The quantitative estimate of drug-likeness (QED) is 0.624. The molecule has 1 fully saturated rings. The molecular weight excluding hydrogens is 224 g/mol. The lowest BCUT2D eigenvalue weighted by molar-refractivity contribution is -0.123. The highest BCUT2D eigenvalue weighted by Crippen LogP contribution is 2.28. The summed E-state index contributed by atoms with van der Waals surface area (Å²) in [6.45, 7) is 0.0271. The molecule has 7 nitrogen and oxygen atoms in total. The minimum absolute atomic E-state index is 0.0271. The SMILES string of the molecule is O=C1NC=NC2C1N=CN2C1CCC(CO)O1. The fraction of sp³-hybridized carbons (Fsp3) is 0.700. The standard InChI is InChI=1S/C10H14N4O3/c15-3-6-1-2-7(17-6)14-5-13-8-9(14)11-4-12-10(8)16/h4-9,15H,1-3H2,(H,11,12,16). The zero-order chi connectivity index (χ0) is 11.8. The minimum Gasteiger partial charge on any atom is -0.394 e. The van der Waals surface area contributed by atoms with Crippen molar-refractivity contribution in [1.29, 1.82) is 0 Å². The van der Waals surface area contributed by atoms with Gasteiger partial charge < -0.3 is 20.1 Å². The van der Waals surface area contributed by atoms with Crippen LogP contribution in [0.5, 0.6) is 0 Å². The molecule has 0 aromatic heterocycles. The number of fused-ring (bicyclic) bond motifs is 1. The van der Waals surface area contributed by atoms with Crippen LogP contribution in [0.4, 0.5) is 0 Å². The molecule has 2 N–H and O–H groups in total. The first kappa shape index (κ1) is 10.7. The predicted octanol–water partition coefficient (Wildman–Crippen LogP) is -1.32. The third-order valence-electron chi connectivity index (χ3n) is 3.27. The smallest absolute Gasteiger partial charge is 0.254 e. The second-order valence-electron chi connectivity index (χ2n) is 4.33. The average Bonchev–Trinajstić information content (AvgIpc) is 2.94. The summed E-state index contributed by atoms with van der Waals surface area (Å²) in [4.78, 5) is 21.8. The molecule has 4 atom stereocenters. The molecule has 0 aromatic carbocycles. The molecule has 0 radical (unpaired) electrons. The lowest BCUT2D eigenvalue weighted by Crippen LogP contribution is -2.50. The number of hydrogen-bond donors (Lipinski definition) is 2. The van der Waals surface area contributed by atoms with Crippen LogP contribution in [0.25, 0.3) is 0 Å². The van der Waals surface area contributed by atoms with Gasteiger partial charge in [-0.25, -0.2) is 4.99 Å². The molecule has 0 spiro atoms. The van der Waals surface area contributed by atoms with Crippen LogP contribution in [0.3, 0.4) is 0 Å². The molecule has 17 heavy (non-hydrogen) atoms. The van der Waals surface area contributed by atoms with Gasteiger partial charge in [0.25, 0.3) is 5.91 Å². The highest BCUT2D eigenvalue weighted by Gasteiger charge is 2.42. The van der Waals surface area contributed by atoms with Crippen molar-refractivity contribution < 1.29 is 14.6 Å². The second-order valence-corrected chi connectivity index (χ2v) is 4.33. The summed E-state index contributed by atoms with van der Waals surface area (Å²) < 4.78 is 5.66. The summed E-state index contributed by atoms with van der Waals surface area (Å²) in [6, 6.07) is -0.475. The van der Waals surface area contributed by atoms with Crippen molar-refractivity contribution in [3.05, 3.63) is 0 Å². The zero-order valence-corrected chi connectivity index (χ0v) is 9.19. The first-order valence-corrected chi connectivity index (χ1v) is 5.68. The van der Waals surface area contributed by atoms with Crippen LogP contribution in [0.1, 0.15) is 12.8 Å². The number of carbonyl (C=O) groups is 1. The van der Waals surface area contributed by atoms with Crippen molar-refractivity contribution in [2.75, 3.05) is 6.61 Å². The second kappa shape index (κ2) is 4.08. The average molecular weight is 238 g/mol. The Kier molecular flexibility index (Phi) is 2.56. The number of rotatable bonds is 2. The van der Waals surface area contributed by atoms with Gasteiger partial charge in [0.1, 0.15) is 6.23 Å². The Bertz CT molecular complexity index is 384. The summed E-state index contributed by atoms with van der Waals surface area (Å²) in [6.07, 6.45) is 4.11. The molecule has 0 aliphatic carbocycles. The Morgan fingerprint density at radius 3 is 3.18 bits per heavy atom. The van der Waals surface area contributed by atoms with Gasteiger partial charge in [-0.15, -0.1) is 0 Å². The summed E-state index contributed by atoms with van der Waals surface area (Å²) >= 11 is 0. The Hall–Kier alpha value is -1.47. The van der Waals surface area contributed by atoms with E-state index in [1.807, 2.05) is 4.90 Å². The number of nitrogens with zero attached hydrogens (tertiary/aromatic N) is 3. The molecule has 3 heterocycles. The fourth-order valence-corrected chi connectivity index (χ4v) is 2.37. The van der Waals surface area contributed by atoms with E-state index in [4.69, 9.17) is 9.84 Å². The molecular formula is C10H14N4O3. The number of aliphatic imine (C=N–C) groups is 2. The molecule has 92 valence electrons. The zero-order valence-electron chi connectivity index (χ0n) is 9.19. The highest BCUT2D eigenvalue weighted by atomic mass is 16.5. The van der Waals surface area contributed by atoms with Crippen molar-refractivity contribution in [3.8, 4) is 0 Å². The molecule has 0 bridgehead atoms. The molecule has 3 rings (SSSR count). The van der Waals surface area contributed by atoms with Crippen LogP contribution in [0.15, 0.2) is 9.98 Å². The number of amides is 1. The highest BCUT2D eigenvalue weighted by molar-refractivity contribution is 5.96. The summed E-state index contributed by atoms with van der Waals surface area (Å²) in [7, 11) is 0. The van der Waals surface area contributed by atoms with Crippen LogP contribution in [0, 0.1) is 0 Å². The third kappa shape index (κ3) is 1.71. The summed E-state index contributed by atoms with van der Waals surface area (Å²) in [5, 5.41) is 11.6. The van der Waals surface area contributed by atoms with Crippen LogP contribution in [-0.4, -0.2) is 59.7 Å². The van der Waals surface area contributed by atoms with Crippen LogP contribution in [-0.2, 0) is 9.53 Å². The van der Waals surface area contributed by atoms with E-state index in [-0.39, 0.29) is 31.0 Å². The lowest BCUT2D eigenvalue weighted by atomic mass is 10.2. The van der Waals surface area contributed by atoms with Gasteiger partial charge in [0.2, 0.25) is 0 Å². The van der Waals surface area contributed by atoms with E-state index in [0.717, 1.165) is 12.8 Å². The molecule has 0 saturated carbocycles. The number of ether oxygens (including phenoxy) is 1. The van der Waals surface area contributed by atoms with Gasteiger partial charge in [0.15, 0.2) is 12.2 Å². The third-order valence-corrected chi connectivity index (χ3v) is 3.27. The van der Waals surface area contributed by atoms with E-state index in [2.05, 4.69) is 15.3 Å². The van der Waals surface area contributed by atoms with Crippen LogP contribution < -0.4 is 5.32 Å². The molecule has 1 amide bonds. The van der Waals surface area contributed by atoms with Crippen molar-refractivity contribution in [2.24, 2.45) is 9.98 Å². The van der Waals surface area contributed by atoms with Gasteiger partial charge in [-0.2, -0.15) is 0 Å². The summed E-state index contributed by atoms with van der Waals surface area (Å²) in [5.74, 6) is -0.138. The van der Waals surface area contributed by atoms with Gasteiger partial charge in [0.05, 0.1) is 25.4 Å². The maximum Gasteiger partial charge on any atom is 0.254 e. The molecule has 1 saturated heterocycles. The monoisotopic (exact) mass is 238 g/mol. The van der Waals surface area contributed by atoms with Crippen LogP contribution >= 0.6 is 0 Å². The number of aliphatic hydroxyl groups excluding tert-OH is 1. The Morgan fingerprint density at radius 1 is 1.53 bits per heavy atom.